The third-order valence-electron chi connectivity index (χ3n) is 4.91. The van der Waals surface area contributed by atoms with Crippen LogP contribution in [0.25, 0.3) is 12.2 Å². The molecule has 31 heavy (non-hydrogen) atoms. The molecule has 0 unspecified atom stereocenters. The lowest BCUT2D eigenvalue weighted by atomic mass is 10.1. The number of hydrogen-bond acceptors (Lipinski definition) is 5. The molecule has 0 aliphatic carbocycles. The van der Waals surface area contributed by atoms with Gasteiger partial charge in [-0.3, -0.25) is 14.8 Å². The van der Waals surface area contributed by atoms with Crippen molar-refractivity contribution in [3.05, 3.63) is 76.3 Å². The van der Waals surface area contributed by atoms with E-state index in [1.807, 2.05) is 36.4 Å². The molecule has 0 spiro atoms. The molecule has 0 aromatic heterocycles. The van der Waals surface area contributed by atoms with E-state index < -0.39 is 5.91 Å². The molecule has 0 bridgehead atoms. The molecule has 1 aliphatic heterocycles. The molecule has 1 heterocycles. The highest BCUT2D eigenvalue weighted by Gasteiger charge is 2.16. The van der Waals surface area contributed by atoms with Crippen LogP contribution in [0, 0.1) is 0 Å². The number of amides is 1. The molecule has 0 saturated carbocycles. The van der Waals surface area contributed by atoms with Gasteiger partial charge in [0.25, 0.3) is 5.91 Å². The summed E-state index contributed by atoms with van der Waals surface area (Å²) in [5.41, 5.74) is 4.63. The van der Waals surface area contributed by atoms with E-state index in [4.69, 9.17) is 16.8 Å². The van der Waals surface area contributed by atoms with Crippen LogP contribution in [0.4, 0.5) is 5.69 Å². The first-order chi connectivity index (χ1) is 14.4. The minimum absolute atomic E-state index is 0. The number of carbonyl (C=O) groups excluding carboxylic acids is 2. The quantitative estimate of drug-likeness (QED) is 0.295. The number of allylic oxidation sites excluding steroid dienone is 1. The van der Waals surface area contributed by atoms with Gasteiger partial charge >= 0.3 is 0 Å². The largest absolute Gasteiger partial charge is 0.369 e. The Morgan fingerprint density at radius 1 is 1.00 bits per heavy atom. The molecule has 1 amide bonds. The number of carbonyl (C=O) groups is 2. The van der Waals surface area contributed by atoms with Crippen LogP contribution in [0.3, 0.4) is 0 Å². The van der Waals surface area contributed by atoms with Crippen LogP contribution in [0.15, 0.2) is 54.6 Å². The monoisotopic (exact) mass is 461 g/mol. The van der Waals surface area contributed by atoms with Gasteiger partial charge in [-0.05, 0) is 54.6 Å². The van der Waals surface area contributed by atoms with E-state index in [0.29, 0.717) is 10.6 Å². The van der Waals surface area contributed by atoms with E-state index >= 15 is 0 Å². The van der Waals surface area contributed by atoms with Gasteiger partial charge in [-0.1, -0.05) is 35.9 Å². The lowest BCUT2D eigenvalue weighted by Gasteiger charge is -2.34. The normalized spacial score (nSPS) is 14.6. The summed E-state index contributed by atoms with van der Waals surface area (Å²) < 4.78 is 0. The highest BCUT2D eigenvalue weighted by Crippen LogP contribution is 2.24. The summed E-state index contributed by atoms with van der Waals surface area (Å²) in [6.45, 7) is 3.74. The maximum Gasteiger partial charge on any atom is 0.267 e. The van der Waals surface area contributed by atoms with Gasteiger partial charge in [0.1, 0.15) is 0 Å². The lowest BCUT2D eigenvalue weighted by Crippen LogP contribution is -2.44. The zero-order chi connectivity index (χ0) is 21.5. The molecule has 8 heteroatoms. The minimum Gasteiger partial charge on any atom is -0.369 e. The average Bonchev–Trinajstić information content (AvgIpc) is 2.76. The van der Waals surface area contributed by atoms with Crippen molar-refractivity contribution < 1.29 is 14.8 Å². The Hall–Kier alpha value is -2.64. The van der Waals surface area contributed by atoms with E-state index in [1.54, 1.807) is 23.7 Å². The molecule has 2 N–H and O–H groups in total. The fraction of sp³-hybridized carbons (Fsp3) is 0.217. The first-order valence-electron chi connectivity index (χ1n) is 9.63. The number of nitrogens with zero attached hydrogens (tertiary/aromatic N) is 2. The van der Waals surface area contributed by atoms with Gasteiger partial charge in [-0.15, -0.1) is 12.4 Å². The van der Waals surface area contributed by atoms with Gasteiger partial charge in [-0.2, -0.15) is 0 Å². The average molecular weight is 462 g/mol. The van der Waals surface area contributed by atoms with Crippen LogP contribution in [-0.4, -0.2) is 55.0 Å². The Morgan fingerprint density at radius 2 is 1.65 bits per heavy atom. The molecule has 1 fully saturated rings. The number of ketones is 1. The zero-order valence-corrected chi connectivity index (χ0v) is 18.7. The van der Waals surface area contributed by atoms with Crippen LogP contribution in [0.2, 0.25) is 5.02 Å². The number of rotatable bonds is 6. The summed E-state index contributed by atoms with van der Waals surface area (Å²) in [7, 11) is 2.10. The second kappa shape index (κ2) is 11.7. The van der Waals surface area contributed by atoms with Crippen LogP contribution < -0.4 is 10.4 Å². The Balaban J connectivity index is 0.00000341. The summed E-state index contributed by atoms with van der Waals surface area (Å²) in [5, 5.41) is 9.08. The van der Waals surface area contributed by atoms with Crippen LogP contribution in [0.1, 0.15) is 21.5 Å². The molecule has 6 nitrogen and oxygen atoms in total. The molecular formula is C23H25Cl2N3O3. The summed E-state index contributed by atoms with van der Waals surface area (Å²) in [5.74, 6) is -0.739. The van der Waals surface area contributed by atoms with Crippen molar-refractivity contribution in [2.45, 2.75) is 0 Å². The highest BCUT2D eigenvalue weighted by atomic mass is 35.5. The predicted molar refractivity (Wildman–Crippen MR) is 127 cm³/mol. The number of nitrogens with one attached hydrogen (secondary N) is 1. The molecule has 1 saturated heterocycles. The van der Waals surface area contributed by atoms with Gasteiger partial charge in [0.2, 0.25) is 0 Å². The maximum absolute atomic E-state index is 12.7. The van der Waals surface area contributed by atoms with E-state index in [0.717, 1.165) is 43.0 Å². The Kier molecular flexibility index (Phi) is 9.27. The van der Waals surface area contributed by atoms with Crippen molar-refractivity contribution in [2.75, 3.05) is 38.1 Å². The maximum atomic E-state index is 12.7. The molecule has 164 valence electrons. The fourth-order valence-electron chi connectivity index (χ4n) is 3.21. The third-order valence-corrected chi connectivity index (χ3v) is 5.13. The van der Waals surface area contributed by atoms with E-state index in [1.165, 1.54) is 12.2 Å². The van der Waals surface area contributed by atoms with Gasteiger partial charge < -0.3 is 9.80 Å². The summed E-state index contributed by atoms with van der Waals surface area (Å²) in [6, 6.07) is 12.8. The number of hydroxylamine groups is 1. The van der Waals surface area contributed by atoms with Crippen LogP contribution in [-0.2, 0) is 4.79 Å². The number of piperazine rings is 1. The molecule has 0 radical (unpaired) electrons. The van der Waals surface area contributed by atoms with Crippen LogP contribution in [0.5, 0.6) is 0 Å². The second-order valence-corrected chi connectivity index (χ2v) is 7.60. The van der Waals surface area contributed by atoms with Crippen molar-refractivity contribution in [2.24, 2.45) is 0 Å². The first-order valence-corrected chi connectivity index (χ1v) is 10.0. The van der Waals surface area contributed by atoms with Crippen LogP contribution >= 0.6 is 24.0 Å². The molecule has 0 atom stereocenters. The predicted octanol–water partition coefficient (Wildman–Crippen LogP) is 3.93. The number of halogens is 2. The topological polar surface area (TPSA) is 72.9 Å². The van der Waals surface area contributed by atoms with E-state index in [2.05, 4.69) is 16.8 Å². The Labute approximate surface area is 193 Å². The standard InChI is InChI=1S/C23H24ClN3O3.ClH/c1-26-9-11-27(12-10-26)21-15-19(14-20(24)16-21)22(28)7-5-17-3-2-4-18(13-17)6-8-23(29)25-30;/h2-8,13-16,30H,9-12H2,1H3,(H,25,29);1H/b7-5+,8-6+;. The second-order valence-electron chi connectivity index (χ2n) is 7.17. The smallest absolute Gasteiger partial charge is 0.267 e. The van der Waals surface area contributed by atoms with Gasteiger partial charge in [0.05, 0.1) is 0 Å². The number of anilines is 1. The number of benzene rings is 2. The highest BCUT2D eigenvalue weighted by molar-refractivity contribution is 6.31. The molecule has 3 rings (SSSR count). The summed E-state index contributed by atoms with van der Waals surface area (Å²) >= 11 is 6.28. The summed E-state index contributed by atoms with van der Waals surface area (Å²) in [6.07, 6.45) is 6.04. The van der Waals surface area contributed by atoms with Crippen molar-refractivity contribution in [3.8, 4) is 0 Å². The van der Waals surface area contributed by atoms with Crippen molar-refractivity contribution >= 4 is 53.5 Å². The molecule has 2 aromatic carbocycles. The fourth-order valence-corrected chi connectivity index (χ4v) is 3.44. The minimum atomic E-state index is -0.608. The number of hydrogen-bond donors (Lipinski definition) is 2. The SMILES string of the molecule is CN1CCN(c2cc(Cl)cc(C(=O)/C=C/c3cccc(/C=C/C(=O)NO)c3)c2)CC1.Cl. The van der Waals surface area contributed by atoms with E-state index in [-0.39, 0.29) is 18.2 Å². The Morgan fingerprint density at radius 3 is 2.29 bits per heavy atom. The van der Waals surface area contributed by atoms with Crippen molar-refractivity contribution in [1.29, 1.82) is 0 Å². The first kappa shape index (κ1) is 24.6. The van der Waals surface area contributed by atoms with E-state index in [9.17, 15) is 9.59 Å². The number of likely N-dealkylation sites (N-methyl/N-ethyl adjacent to an activating group) is 1. The summed E-state index contributed by atoms with van der Waals surface area (Å²) in [4.78, 5) is 28.3. The van der Waals surface area contributed by atoms with Gasteiger partial charge in [0.15, 0.2) is 5.78 Å². The lowest BCUT2D eigenvalue weighted by molar-refractivity contribution is -0.124. The van der Waals surface area contributed by atoms with Gasteiger partial charge in [-0.25, -0.2) is 5.48 Å². The van der Waals surface area contributed by atoms with Crippen molar-refractivity contribution in [1.82, 2.24) is 10.4 Å². The van der Waals surface area contributed by atoms with Gasteiger partial charge in [0, 0.05) is 48.5 Å². The molecule has 2 aromatic rings. The molecular weight excluding hydrogens is 437 g/mol. The third kappa shape index (κ3) is 7.22. The Bertz CT molecular complexity index is 984. The molecule has 1 aliphatic rings. The van der Waals surface area contributed by atoms with Crippen molar-refractivity contribution in [3.63, 3.8) is 0 Å². The zero-order valence-electron chi connectivity index (χ0n) is 17.1.